The lowest BCUT2D eigenvalue weighted by molar-refractivity contribution is 0.0696. The summed E-state index contributed by atoms with van der Waals surface area (Å²) in [4.78, 5) is 30.4. The van der Waals surface area contributed by atoms with Gasteiger partial charge in [0.2, 0.25) is 5.78 Å². The van der Waals surface area contributed by atoms with E-state index in [2.05, 4.69) is 23.8 Å². The number of fused-ring (bicyclic) bond motifs is 1. The molecular weight excluding hydrogens is 400 g/mol. The van der Waals surface area contributed by atoms with Crippen molar-refractivity contribution in [3.63, 3.8) is 0 Å². The Balaban J connectivity index is 0.000000216. The Morgan fingerprint density at radius 2 is 1.87 bits per heavy atom. The van der Waals surface area contributed by atoms with Crippen LogP contribution in [0.5, 0.6) is 0 Å². The second-order valence-corrected chi connectivity index (χ2v) is 7.82. The van der Waals surface area contributed by atoms with Gasteiger partial charge < -0.3 is 21.6 Å². The molecule has 2 heterocycles. The molecule has 154 valence electrons. The number of carbonyl (C=O) groups excluding carboxylic acids is 1. The smallest absolute Gasteiger partial charge is 0.335 e. The first kappa shape index (κ1) is 21.1. The topological polar surface area (TPSA) is 135 Å². The maximum Gasteiger partial charge on any atom is 0.335 e. The van der Waals surface area contributed by atoms with Gasteiger partial charge in [0.1, 0.15) is 0 Å². The number of aromatic carboxylic acids is 1. The van der Waals surface area contributed by atoms with Crippen LogP contribution in [0.15, 0.2) is 54.0 Å². The Kier molecular flexibility index (Phi) is 6.17. The third kappa shape index (κ3) is 4.49. The van der Waals surface area contributed by atoms with E-state index >= 15 is 0 Å². The number of carboxylic acids is 1. The number of nitrogens with two attached hydrogens (primary N) is 2. The molecule has 0 bridgehead atoms. The molecule has 2 aromatic heterocycles. The number of thiazole rings is 1. The van der Waals surface area contributed by atoms with E-state index in [1.54, 1.807) is 24.4 Å². The maximum atomic E-state index is 12.6. The molecule has 0 aliphatic heterocycles. The predicted molar refractivity (Wildman–Crippen MR) is 120 cm³/mol. The molecule has 4 rings (SSSR count). The lowest BCUT2D eigenvalue weighted by atomic mass is 10.1. The van der Waals surface area contributed by atoms with Crippen molar-refractivity contribution in [1.82, 2.24) is 9.97 Å². The van der Waals surface area contributed by atoms with E-state index in [0.29, 0.717) is 27.9 Å². The van der Waals surface area contributed by atoms with E-state index in [1.807, 2.05) is 17.5 Å². The number of nitrogen functional groups attached to an aromatic ring is 2. The molecule has 0 amide bonds. The van der Waals surface area contributed by atoms with Gasteiger partial charge >= 0.3 is 5.97 Å². The Hall–Kier alpha value is -3.65. The lowest BCUT2D eigenvalue weighted by Crippen LogP contribution is -2.01. The number of hydrogen-bond acceptors (Lipinski definition) is 6. The van der Waals surface area contributed by atoms with Crippen molar-refractivity contribution < 1.29 is 14.7 Å². The van der Waals surface area contributed by atoms with Crippen LogP contribution >= 0.6 is 11.3 Å². The summed E-state index contributed by atoms with van der Waals surface area (Å²) in [6.07, 6.45) is 1.71. The minimum atomic E-state index is -0.952. The largest absolute Gasteiger partial charge is 0.478 e. The normalized spacial score (nSPS) is 10.6. The number of ketones is 1. The number of nitrogens with zero attached hydrogens (tertiary/aromatic N) is 1. The average molecular weight is 423 g/mol. The van der Waals surface area contributed by atoms with Crippen LogP contribution in [-0.2, 0) is 0 Å². The van der Waals surface area contributed by atoms with Crippen molar-refractivity contribution in [2.75, 3.05) is 11.5 Å². The predicted octanol–water partition coefficient (Wildman–Crippen LogP) is 4.53. The molecule has 0 aliphatic carbocycles. The van der Waals surface area contributed by atoms with E-state index in [9.17, 15) is 9.59 Å². The van der Waals surface area contributed by atoms with Gasteiger partial charge in [0, 0.05) is 33.9 Å². The summed E-state index contributed by atoms with van der Waals surface area (Å²) in [6.45, 7) is 4.12. The number of aromatic nitrogens is 2. The van der Waals surface area contributed by atoms with Crippen molar-refractivity contribution in [2.24, 2.45) is 0 Å². The van der Waals surface area contributed by atoms with E-state index in [4.69, 9.17) is 16.6 Å². The first-order valence-corrected chi connectivity index (χ1v) is 10.1. The minimum absolute atomic E-state index is 0.0777. The molecule has 0 unspecified atom stereocenters. The fraction of sp³-hybridized carbons (Fsp3) is 0.136. The highest BCUT2D eigenvalue weighted by atomic mass is 32.1. The number of hydrogen-bond donors (Lipinski definition) is 4. The molecule has 8 heteroatoms. The summed E-state index contributed by atoms with van der Waals surface area (Å²) in [5.74, 6) is -0.709. The summed E-state index contributed by atoms with van der Waals surface area (Å²) >= 11 is 1.38. The Morgan fingerprint density at radius 1 is 1.13 bits per heavy atom. The second-order valence-electron chi connectivity index (χ2n) is 6.96. The standard InChI is InChI=1S/C15H15N3OS.C7H7NO2/c1-8(2)12-7-20-15(18-12)14(19)9-6-17-11-5-3-4-10(16)13(9)11;8-6-3-1-2-5(4-6)7(9)10/h3-8,17H,16H2,1-2H3;1-4H,8H2,(H,9,10). The summed E-state index contributed by atoms with van der Waals surface area (Å²) in [6, 6.07) is 11.7. The summed E-state index contributed by atoms with van der Waals surface area (Å²) < 4.78 is 0. The highest BCUT2D eigenvalue weighted by molar-refractivity contribution is 7.12. The van der Waals surface area contributed by atoms with Gasteiger partial charge in [-0.25, -0.2) is 9.78 Å². The fourth-order valence-electron chi connectivity index (χ4n) is 2.83. The Bertz CT molecular complexity index is 1210. The highest BCUT2D eigenvalue weighted by Crippen LogP contribution is 2.28. The Labute approximate surface area is 177 Å². The molecule has 0 spiro atoms. The molecule has 4 aromatic rings. The van der Waals surface area contributed by atoms with Gasteiger partial charge in [-0.3, -0.25) is 4.79 Å². The monoisotopic (exact) mass is 422 g/mol. The van der Waals surface area contributed by atoms with Crippen LogP contribution < -0.4 is 11.5 Å². The zero-order chi connectivity index (χ0) is 21.8. The summed E-state index contributed by atoms with van der Waals surface area (Å²) in [5, 5.41) is 11.7. The fourth-order valence-corrected chi connectivity index (χ4v) is 3.77. The third-order valence-corrected chi connectivity index (χ3v) is 5.28. The molecule has 0 saturated heterocycles. The van der Waals surface area contributed by atoms with Crippen molar-refractivity contribution >= 4 is 45.4 Å². The summed E-state index contributed by atoms with van der Waals surface area (Å²) in [7, 11) is 0. The first-order chi connectivity index (χ1) is 14.3. The molecule has 0 radical (unpaired) electrons. The van der Waals surface area contributed by atoms with Crippen LogP contribution in [0.3, 0.4) is 0 Å². The van der Waals surface area contributed by atoms with Crippen LogP contribution in [-0.4, -0.2) is 26.8 Å². The van der Waals surface area contributed by atoms with Crippen LogP contribution in [0.25, 0.3) is 10.9 Å². The average Bonchev–Trinajstić information content (AvgIpc) is 3.36. The summed E-state index contributed by atoms with van der Waals surface area (Å²) in [5.41, 5.74) is 15.0. The van der Waals surface area contributed by atoms with Crippen molar-refractivity contribution in [1.29, 1.82) is 0 Å². The van der Waals surface area contributed by atoms with Crippen LogP contribution in [0.4, 0.5) is 11.4 Å². The quantitative estimate of drug-likeness (QED) is 0.282. The van der Waals surface area contributed by atoms with Crippen molar-refractivity contribution in [3.8, 4) is 0 Å². The lowest BCUT2D eigenvalue weighted by Gasteiger charge is -2.00. The van der Waals surface area contributed by atoms with Gasteiger partial charge in [-0.05, 0) is 36.2 Å². The number of rotatable bonds is 4. The number of benzene rings is 2. The van der Waals surface area contributed by atoms with E-state index in [-0.39, 0.29) is 11.3 Å². The van der Waals surface area contributed by atoms with Gasteiger partial charge in [-0.2, -0.15) is 0 Å². The van der Waals surface area contributed by atoms with Crippen molar-refractivity contribution in [3.05, 3.63) is 75.9 Å². The molecule has 30 heavy (non-hydrogen) atoms. The first-order valence-electron chi connectivity index (χ1n) is 9.22. The second kappa shape index (κ2) is 8.79. The van der Waals surface area contributed by atoms with E-state index < -0.39 is 5.97 Å². The number of carbonyl (C=O) groups is 2. The molecule has 7 nitrogen and oxygen atoms in total. The highest BCUT2D eigenvalue weighted by Gasteiger charge is 2.19. The van der Waals surface area contributed by atoms with Crippen LogP contribution in [0.2, 0.25) is 0 Å². The molecule has 0 aliphatic rings. The molecular formula is C22H22N4O3S. The van der Waals surface area contributed by atoms with Crippen molar-refractivity contribution in [2.45, 2.75) is 19.8 Å². The van der Waals surface area contributed by atoms with Gasteiger partial charge in [0.15, 0.2) is 5.01 Å². The number of anilines is 2. The van der Waals surface area contributed by atoms with Gasteiger partial charge in [-0.15, -0.1) is 11.3 Å². The third-order valence-electron chi connectivity index (χ3n) is 4.42. The zero-order valence-electron chi connectivity index (χ0n) is 16.5. The van der Waals surface area contributed by atoms with E-state index in [1.165, 1.54) is 23.5 Å². The van der Waals surface area contributed by atoms with Gasteiger partial charge in [-0.1, -0.05) is 26.0 Å². The number of nitrogens with one attached hydrogen (secondary N) is 1. The molecule has 0 saturated carbocycles. The minimum Gasteiger partial charge on any atom is -0.478 e. The molecule has 6 N–H and O–H groups in total. The SMILES string of the molecule is CC(C)c1csc(C(=O)c2c[nH]c3cccc(N)c23)n1.Nc1cccc(C(=O)O)c1. The van der Waals surface area contributed by atoms with Gasteiger partial charge in [0.05, 0.1) is 16.8 Å². The Morgan fingerprint density at radius 3 is 2.47 bits per heavy atom. The number of carboxylic acid groups (broad SMARTS) is 1. The molecule has 0 atom stereocenters. The molecule has 2 aromatic carbocycles. The van der Waals surface area contributed by atoms with Crippen LogP contribution in [0, 0.1) is 0 Å². The zero-order valence-corrected chi connectivity index (χ0v) is 17.4. The van der Waals surface area contributed by atoms with Crippen LogP contribution in [0.1, 0.15) is 51.2 Å². The number of aromatic amines is 1. The van der Waals surface area contributed by atoms with Gasteiger partial charge in [0.25, 0.3) is 0 Å². The number of H-pyrrole nitrogens is 1. The maximum absolute atomic E-state index is 12.6. The van der Waals surface area contributed by atoms with E-state index in [0.717, 1.165) is 16.6 Å². The molecule has 0 fully saturated rings.